The highest BCUT2D eigenvalue weighted by atomic mass is 35.5. The normalized spacial score (nSPS) is 49.5. The maximum Gasteiger partial charge on any atom is 0.475 e. The first kappa shape index (κ1) is 18.1. The van der Waals surface area contributed by atoms with E-state index in [9.17, 15) is 14.8 Å². The van der Waals surface area contributed by atoms with Crippen LogP contribution in [-0.2, 0) is 4.79 Å². The maximum atomic E-state index is 13.2. The van der Waals surface area contributed by atoms with Crippen molar-refractivity contribution in [3.8, 4) is 0 Å². The predicted octanol–water partition coefficient (Wildman–Crippen LogP) is 1.67. The van der Waals surface area contributed by atoms with Crippen LogP contribution in [-0.4, -0.2) is 51.4 Å². The van der Waals surface area contributed by atoms with Crippen LogP contribution in [0.2, 0.25) is 0 Å². The summed E-state index contributed by atoms with van der Waals surface area (Å²) in [6.45, 7) is 5.18. The number of likely N-dealkylation sites (tertiary alicyclic amines) is 1. The molecular formula is C18H30BClN2O3. The second kappa shape index (κ2) is 5.37. The first-order chi connectivity index (χ1) is 11.5. The van der Waals surface area contributed by atoms with E-state index < -0.39 is 19.1 Å². The molecule has 4 N–H and O–H groups in total. The Morgan fingerprint density at radius 2 is 1.76 bits per heavy atom. The van der Waals surface area contributed by atoms with Crippen molar-refractivity contribution in [1.82, 2.24) is 4.90 Å². The van der Waals surface area contributed by atoms with Gasteiger partial charge in [-0.1, -0.05) is 13.8 Å². The fourth-order valence-electron chi connectivity index (χ4n) is 7.79. The Morgan fingerprint density at radius 1 is 1.16 bits per heavy atom. The number of rotatable bonds is 3. The van der Waals surface area contributed by atoms with Crippen molar-refractivity contribution in [3.63, 3.8) is 0 Å². The SMILES string of the molecule is CC12CC3(C)CC(Cl)(C1)CC([C@H](N)C(=O)N1CCC[C@H]1B(O)O)(C2)C3. The molecule has 7 heteroatoms. The molecular weight excluding hydrogens is 338 g/mol. The lowest BCUT2D eigenvalue weighted by Crippen LogP contribution is -2.68. The molecule has 4 atom stereocenters. The first-order valence-corrected chi connectivity index (χ1v) is 9.98. The van der Waals surface area contributed by atoms with Gasteiger partial charge in [0, 0.05) is 11.4 Å². The van der Waals surface area contributed by atoms with Crippen LogP contribution in [0.25, 0.3) is 0 Å². The summed E-state index contributed by atoms with van der Waals surface area (Å²) in [5.41, 5.74) is 6.68. The average Bonchev–Trinajstić information content (AvgIpc) is 2.89. The van der Waals surface area contributed by atoms with Gasteiger partial charge >= 0.3 is 7.12 Å². The van der Waals surface area contributed by atoms with E-state index in [-0.39, 0.29) is 27.0 Å². The monoisotopic (exact) mass is 368 g/mol. The van der Waals surface area contributed by atoms with Gasteiger partial charge in [-0.15, -0.1) is 11.6 Å². The summed E-state index contributed by atoms with van der Waals surface area (Å²) in [7, 11) is -1.50. The van der Waals surface area contributed by atoms with Gasteiger partial charge in [0.15, 0.2) is 0 Å². The minimum absolute atomic E-state index is 0.120. The molecule has 0 aromatic rings. The van der Waals surface area contributed by atoms with Gasteiger partial charge in [0.05, 0.1) is 12.0 Å². The van der Waals surface area contributed by atoms with Crippen molar-refractivity contribution in [2.45, 2.75) is 82.1 Å². The van der Waals surface area contributed by atoms with E-state index in [1.54, 1.807) is 4.90 Å². The van der Waals surface area contributed by atoms with E-state index in [1.807, 2.05) is 0 Å². The molecule has 5 fully saturated rings. The third kappa shape index (κ3) is 2.75. The predicted molar refractivity (Wildman–Crippen MR) is 97.8 cm³/mol. The summed E-state index contributed by atoms with van der Waals surface area (Å²) >= 11 is 7.03. The molecule has 1 aliphatic heterocycles. The Labute approximate surface area is 155 Å². The molecule has 4 saturated carbocycles. The lowest BCUT2D eigenvalue weighted by molar-refractivity contribution is -0.161. The zero-order valence-corrected chi connectivity index (χ0v) is 16.1. The summed E-state index contributed by atoms with van der Waals surface area (Å²) < 4.78 is 0. The Hall–Kier alpha value is -0.295. The first-order valence-electron chi connectivity index (χ1n) is 9.60. The summed E-state index contributed by atoms with van der Waals surface area (Å²) in [5, 5.41) is 19.2. The average molecular weight is 369 g/mol. The van der Waals surface area contributed by atoms with Crippen LogP contribution in [0.3, 0.4) is 0 Å². The Morgan fingerprint density at radius 3 is 2.28 bits per heavy atom. The van der Waals surface area contributed by atoms with Crippen LogP contribution in [0.15, 0.2) is 0 Å². The molecule has 25 heavy (non-hydrogen) atoms. The van der Waals surface area contributed by atoms with Gasteiger partial charge in [0.25, 0.3) is 0 Å². The molecule has 5 rings (SSSR count). The zero-order chi connectivity index (χ0) is 18.3. The van der Waals surface area contributed by atoms with Gasteiger partial charge in [0.1, 0.15) is 0 Å². The van der Waals surface area contributed by atoms with Gasteiger partial charge < -0.3 is 20.7 Å². The molecule has 4 bridgehead atoms. The number of carbonyl (C=O) groups excluding carboxylic acids is 1. The van der Waals surface area contributed by atoms with Crippen molar-refractivity contribution < 1.29 is 14.8 Å². The molecule has 1 amide bonds. The van der Waals surface area contributed by atoms with Crippen molar-refractivity contribution >= 4 is 24.6 Å². The highest BCUT2D eigenvalue weighted by molar-refractivity contribution is 6.43. The zero-order valence-electron chi connectivity index (χ0n) is 15.3. The third-order valence-corrected chi connectivity index (χ3v) is 7.82. The molecule has 5 aliphatic rings. The number of nitrogens with two attached hydrogens (primary N) is 1. The minimum Gasteiger partial charge on any atom is -0.426 e. The number of amides is 1. The minimum atomic E-state index is -1.50. The smallest absolute Gasteiger partial charge is 0.426 e. The van der Waals surface area contributed by atoms with Crippen molar-refractivity contribution in [2.75, 3.05) is 6.54 Å². The van der Waals surface area contributed by atoms with Crippen LogP contribution in [0.1, 0.15) is 65.2 Å². The van der Waals surface area contributed by atoms with Gasteiger partial charge in [-0.05, 0) is 67.6 Å². The van der Waals surface area contributed by atoms with E-state index in [0.717, 1.165) is 38.5 Å². The van der Waals surface area contributed by atoms with Crippen molar-refractivity contribution in [2.24, 2.45) is 22.0 Å². The number of carbonyl (C=O) groups is 1. The number of alkyl halides is 1. The standard InChI is InChI=1S/C18H30BClN2O3/c1-15-6-16(2)8-17(7-15,11-18(20,9-15)10-16)13(21)14(23)22-5-3-4-12(22)19(24)25/h12-13,24-25H,3-11,21H2,1-2H3/t12-,13+,15?,16?,17?,18?/m0/s1. The van der Waals surface area contributed by atoms with Gasteiger partial charge in [-0.3, -0.25) is 4.79 Å². The van der Waals surface area contributed by atoms with Gasteiger partial charge in [0.2, 0.25) is 5.91 Å². The molecule has 1 heterocycles. The van der Waals surface area contributed by atoms with Gasteiger partial charge in [-0.25, -0.2) is 0 Å². The van der Waals surface area contributed by atoms with E-state index in [1.165, 1.54) is 6.42 Å². The largest absolute Gasteiger partial charge is 0.475 e. The number of nitrogens with zero attached hydrogens (tertiary/aromatic N) is 1. The summed E-state index contributed by atoms with van der Waals surface area (Å²) in [6.07, 6.45) is 7.33. The Bertz CT molecular complexity index is 547. The molecule has 0 aromatic carbocycles. The van der Waals surface area contributed by atoms with Crippen molar-refractivity contribution in [1.29, 1.82) is 0 Å². The number of halogens is 1. The quantitative estimate of drug-likeness (QED) is 0.522. The fraction of sp³-hybridized carbons (Fsp3) is 0.944. The van der Waals surface area contributed by atoms with E-state index in [4.69, 9.17) is 17.3 Å². The third-order valence-electron chi connectivity index (χ3n) is 7.42. The molecule has 0 radical (unpaired) electrons. The number of hydrogen-bond donors (Lipinski definition) is 3. The van der Waals surface area contributed by atoms with Crippen LogP contribution >= 0.6 is 11.6 Å². The molecule has 140 valence electrons. The molecule has 5 nitrogen and oxygen atoms in total. The summed E-state index contributed by atoms with van der Waals surface area (Å²) in [6, 6.07) is -0.607. The van der Waals surface area contributed by atoms with E-state index in [2.05, 4.69) is 13.8 Å². The lowest BCUT2D eigenvalue weighted by atomic mass is 9.38. The van der Waals surface area contributed by atoms with E-state index in [0.29, 0.717) is 13.0 Å². The fourth-order valence-corrected chi connectivity index (χ4v) is 8.70. The second-order valence-electron chi connectivity index (χ2n) is 10.3. The molecule has 2 unspecified atom stereocenters. The highest BCUT2D eigenvalue weighted by Gasteiger charge is 2.67. The maximum absolute atomic E-state index is 13.2. The lowest BCUT2D eigenvalue weighted by Gasteiger charge is -2.69. The second-order valence-corrected chi connectivity index (χ2v) is 11.1. The molecule has 4 aliphatic carbocycles. The topological polar surface area (TPSA) is 86.8 Å². The number of hydrogen-bond acceptors (Lipinski definition) is 4. The van der Waals surface area contributed by atoms with E-state index >= 15 is 0 Å². The summed E-state index contributed by atoms with van der Waals surface area (Å²) in [5.74, 6) is -0.645. The Kier molecular flexibility index (Phi) is 3.88. The van der Waals surface area contributed by atoms with Crippen LogP contribution < -0.4 is 5.73 Å². The Balaban J connectivity index is 1.63. The van der Waals surface area contributed by atoms with Crippen LogP contribution in [0, 0.1) is 16.2 Å². The van der Waals surface area contributed by atoms with Crippen LogP contribution in [0.4, 0.5) is 0 Å². The molecule has 0 spiro atoms. The molecule has 1 saturated heterocycles. The highest BCUT2D eigenvalue weighted by Crippen LogP contribution is 2.73. The summed E-state index contributed by atoms with van der Waals surface area (Å²) in [4.78, 5) is 14.6. The molecule has 0 aromatic heterocycles. The van der Waals surface area contributed by atoms with Crippen LogP contribution in [0.5, 0.6) is 0 Å². The van der Waals surface area contributed by atoms with Gasteiger partial charge in [-0.2, -0.15) is 0 Å². The van der Waals surface area contributed by atoms with Crippen molar-refractivity contribution in [3.05, 3.63) is 0 Å².